The molecule has 1 amide bonds. The molecule has 0 aromatic heterocycles. The van der Waals surface area contributed by atoms with Gasteiger partial charge in [-0.1, -0.05) is 12.1 Å². The topological polar surface area (TPSA) is 65.4 Å². The van der Waals surface area contributed by atoms with Gasteiger partial charge in [0.15, 0.2) is 0 Å². The van der Waals surface area contributed by atoms with Gasteiger partial charge in [-0.3, -0.25) is 4.79 Å². The zero-order valence-corrected chi connectivity index (χ0v) is 18.1. The SMILES string of the molecule is CCN(CC)c1cc(OC)c(C=C(C#N)C(=O)Nc2cccc(C)c2)cc1Br. The van der Waals surface area contributed by atoms with Crippen LogP contribution in [0.25, 0.3) is 6.08 Å². The Morgan fingerprint density at radius 1 is 1.29 bits per heavy atom. The lowest BCUT2D eigenvalue weighted by atomic mass is 10.1. The van der Waals surface area contributed by atoms with Gasteiger partial charge in [0.25, 0.3) is 5.91 Å². The second-order valence-corrected chi connectivity index (χ2v) is 7.07. The highest BCUT2D eigenvalue weighted by molar-refractivity contribution is 9.10. The van der Waals surface area contributed by atoms with Crippen molar-refractivity contribution < 1.29 is 9.53 Å². The van der Waals surface area contributed by atoms with E-state index in [2.05, 4.69) is 40.0 Å². The van der Waals surface area contributed by atoms with E-state index >= 15 is 0 Å². The second kappa shape index (κ2) is 9.95. The molecule has 0 heterocycles. The molecular formula is C22H24BrN3O2. The van der Waals surface area contributed by atoms with Crippen molar-refractivity contribution in [2.24, 2.45) is 0 Å². The van der Waals surface area contributed by atoms with Crippen LogP contribution in [0.15, 0.2) is 46.4 Å². The van der Waals surface area contributed by atoms with E-state index < -0.39 is 5.91 Å². The molecule has 0 radical (unpaired) electrons. The van der Waals surface area contributed by atoms with Gasteiger partial charge in [0.1, 0.15) is 17.4 Å². The van der Waals surface area contributed by atoms with Crippen LogP contribution in [0.1, 0.15) is 25.0 Å². The highest BCUT2D eigenvalue weighted by atomic mass is 79.9. The molecule has 0 aliphatic carbocycles. The van der Waals surface area contributed by atoms with Gasteiger partial charge in [0.05, 0.1) is 12.8 Å². The molecule has 28 heavy (non-hydrogen) atoms. The van der Waals surface area contributed by atoms with Crippen LogP contribution < -0.4 is 15.0 Å². The molecule has 2 rings (SSSR count). The van der Waals surface area contributed by atoms with Crippen molar-refractivity contribution in [3.8, 4) is 11.8 Å². The van der Waals surface area contributed by atoms with Crippen molar-refractivity contribution in [2.75, 3.05) is 30.4 Å². The molecule has 0 aliphatic rings. The minimum atomic E-state index is -0.459. The number of nitrogens with zero attached hydrogens (tertiary/aromatic N) is 2. The average molecular weight is 442 g/mol. The lowest BCUT2D eigenvalue weighted by Crippen LogP contribution is -2.22. The van der Waals surface area contributed by atoms with Crippen LogP contribution in [0.4, 0.5) is 11.4 Å². The third kappa shape index (κ3) is 5.14. The van der Waals surface area contributed by atoms with E-state index in [-0.39, 0.29) is 5.57 Å². The van der Waals surface area contributed by atoms with Crippen molar-refractivity contribution in [3.05, 3.63) is 57.6 Å². The van der Waals surface area contributed by atoms with Gasteiger partial charge in [-0.05, 0) is 66.5 Å². The van der Waals surface area contributed by atoms with Crippen LogP contribution in [0, 0.1) is 18.3 Å². The molecule has 146 valence electrons. The molecule has 0 bridgehead atoms. The van der Waals surface area contributed by atoms with Crippen LogP contribution in [0.5, 0.6) is 5.75 Å². The number of aryl methyl sites for hydroxylation is 1. The first-order valence-electron chi connectivity index (χ1n) is 9.05. The number of methoxy groups -OCH3 is 1. The van der Waals surface area contributed by atoms with Gasteiger partial charge in [0, 0.05) is 34.9 Å². The number of rotatable bonds is 7. The predicted octanol–water partition coefficient (Wildman–Crippen LogP) is 5.16. The van der Waals surface area contributed by atoms with Gasteiger partial charge >= 0.3 is 0 Å². The summed E-state index contributed by atoms with van der Waals surface area (Å²) in [7, 11) is 1.57. The van der Waals surface area contributed by atoms with Gasteiger partial charge in [0.2, 0.25) is 0 Å². The maximum Gasteiger partial charge on any atom is 0.266 e. The Morgan fingerprint density at radius 2 is 2.00 bits per heavy atom. The fourth-order valence-electron chi connectivity index (χ4n) is 2.88. The van der Waals surface area contributed by atoms with E-state index in [1.54, 1.807) is 19.3 Å². The highest BCUT2D eigenvalue weighted by Gasteiger charge is 2.15. The predicted molar refractivity (Wildman–Crippen MR) is 118 cm³/mol. The quantitative estimate of drug-likeness (QED) is 0.475. The molecule has 0 saturated carbocycles. The minimum Gasteiger partial charge on any atom is -0.496 e. The maximum absolute atomic E-state index is 12.5. The third-order valence-electron chi connectivity index (χ3n) is 4.34. The van der Waals surface area contributed by atoms with E-state index in [1.165, 1.54) is 0 Å². The van der Waals surface area contributed by atoms with Crippen molar-refractivity contribution in [1.29, 1.82) is 5.26 Å². The van der Waals surface area contributed by atoms with E-state index in [0.717, 1.165) is 28.8 Å². The highest BCUT2D eigenvalue weighted by Crippen LogP contribution is 2.35. The Hall–Kier alpha value is -2.78. The number of nitrogens with one attached hydrogen (secondary N) is 1. The zero-order chi connectivity index (χ0) is 20.7. The molecule has 2 aromatic rings. The number of hydrogen-bond acceptors (Lipinski definition) is 4. The van der Waals surface area contributed by atoms with E-state index in [4.69, 9.17) is 4.74 Å². The smallest absolute Gasteiger partial charge is 0.266 e. The van der Waals surface area contributed by atoms with E-state index in [9.17, 15) is 10.1 Å². The number of hydrogen-bond donors (Lipinski definition) is 1. The number of benzene rings is 2. The molecule has 0 spiro atoms. The lowest BCUT2D eigenvalue weighted by Gasteiger charge is -2.23. The van der Waals surface area contributed by atoms with Crippen LogP contribution >= 0.6 is 15.9 Å². The summed E-state index contributed by atoms with van der Waals surface area (Å²) in [5.41, 5.74) is 3.33. The minimum absolute atomic E-state index is 0.00213. The number of carbonyl (C=O) groups is 1. The summed E-state index contributed by atoms with van der Waals surface area (Å²) in [6, 6.07) is 13.2. The number of ether oxygens (including phenoxy) is 1. The Kier molecular flexibility index (Phi) is 7.65. The summed E-state index contributed by atoms with van der Waals surface area (Å²) < 4.78 is 6.38. The van der Waals surface area contributed by atoms with Crippen LogP contribution in [-0.2, 0) is 4.79 Å². The summed E-state index contributed by atoms with van der Waals surface area (Å²) in [5, 5.41) is 12.3. The standard InChI is InChI=1S/C22H24BrN3O2/c1-5-26(6-2)20-13-21(28-4)16(12-19(20)23)11-17(14-24)22(27)25-18-9-7-8-15(3)10-18/h7-13H,5-6H2,1-4H3,(H,25,27). The maximum atomic E-state index is 12.5. The largest absolute Gasteiger partial charge is 0.496 e. The Balaban J connectivity index is 2.38. The normalized spacial score (nSPS) is 10.9. The van der Waals surface area contributed by atoms with Crippen LogP contribution in [-0.4, -0.2) is 26.1 Å². The van der Waals surface area contributed by atoms with Gasteiger partial charge in [-0.25, -0.2) is 0 Å². The number of carbonyl (C=O) groups excluding carboxylic acids is 1. The zero-order valence-electron chi connectivity index (χ0n) is 16.5. The third-order valence-corrected chi connectivity index (χ3v) is 4.98. The van der Waals surface area contributed by atoms with E-state index in [1.807, 2.05) is 43.3 Å². The Bertz CT molecular complexity index is 928. The average Bonchev–Trinajstić information content (AvgIpc) is 2.68. The number of anilines is 2. The lowest BCUT2D eigenvalue weighted by molar-refractivity contribution is -0.112. The molecule has 6 heteroatoms. The fraction of sp³-hybridized carbons (Fsp3) is 0.273. The van der Waals surface area contributed by atoms with Crippen LogP contribution in [0.2, 0.25) is 0 Å². The molecule has 0 saturated heterocycles. The Labute approximate surface area is 174 Å². The fourth-order valence-corrected chi connectivity index (χ4v) is 3.49. The summed E-state index contributed by atoms with van der Waals surface area (Å²) in [4.78, 5) is 14.7. The summed E-state index contributed by atoms with van der Waals surface area (Å²) >= 11 is 3.59. The molecule has 1 N–H and O–H groups in total. The molecule has 0 fully saturated rings. The number of halogens is 1. The van der Waals surface area contributed by atoms with Gasteiger partial charge < -0.3 is 15.0 Å². The van der Waals surface area contributed by atoms with Crippen molar-refractivity contribution >= 4 is 39.3 Å². The molecule has 0 atom stereocenters. The molecule has 2 aromatic carbocycles. The van der Waals surface area contributed by atoms with Crippen molar-refractivity contribution in [2.45, 2.75) is 20.8 Å². The van der Waals surface area contributed by atoms with Gasteiger partial charge in [-0.2, -0.15) is 5.26 Å². The summed E-state index contributed by atoms with van der Waals surface area (Å²) in [5.74, 6) is 0.139. The first-order chi connectivity index (χ1) is 13.4. The van der Waals surface area contributed by atoms with Gasteiger partial charge in [-0.15, -0.1) is 0 Å². The molecular weight excluding hydrogens is 418 g/mol. The summed E-state index contributed by atoms with van der Waals surface area (Å²) in [6.45, 7) is 7.82. The number of amides is 1. The second-order valence-electron chi connectivity index (χ2n) is 6.21. The van der Waals surface area contributed by atoms with E-state index in [0.29, 0.717) is 17.0 Å². The monoisotopic (exact) mass is 441 g/mol. The number of nitriles is 1. The van der Waals surface area contributed by atoms with Crippen molar-refractivity contribution in [3.63, 3.8) is 0 Å². The first kappa shape index (κ1) is 21.5. The summed E-state index contributed by atoms with van der Waals surface area (Å²) in [6.07, 6.45) is 1.54. The molecule has 5 nitrogen and oxygen atoms in total. The first-order valence-corrected chi connectivity index (χ1v) is 9.85. The molecule has 0 aliphatic heterocycles. The van der Waals surface area contributed by atoms with Crippen molar-refractivity contribution in [1.82, 2.24) is 0 Å². The van der Waals surface area contributed by atoms with Crippen LogP contribution in [0.3, 0.4) is 0 Å². The Morgan fingerprint density at radius 3 is 2.57 bits per heavy atom. The molecule has 0 unspecified atom stereocenters.